The second-order valence-electron chi connectivity index (χ2n) is 5.71. The highest BCUT2D eigenvalue weighted by atomic mass is 16.5. The van der Waals surface area contributed by atoms with Crippen LogP contribution in [0, 0.1) is 5.92 Å². The van der Waals surface area contributed by atoms with Crippen LogP contribution in [0.25, 0.3) is 0 Å². The molecule has 0 saturated carbocycles. The first-order chi connectivity index (χ1) is 9.83. The van der Waals surface area contributed by atoms with Crippen molar-refractivity contribution >= 4 is 5.91 Å². The Morgan fingerprint density at radius 1 is 1.35 bits per heavy atom. The lowest BCUT2D eigenvalue weighted by atomic mass is 9.99. The number of carbonyl (C=O) groups excluding carboxylic acids is 1. The number of carbonyl (C=O) groups is 1. The molecule has 2 saturated heterocycles. The summed E-state index contributed by atoms with van der Waals surface area (Å²) in [5.41, 5.74) is 1.37. The molecule has 2 atom stereocenters. The van der Waals surface area contributed by atoms with E-state index in [2.05, 4.69) is 29.6 Å². The Bertz CT molecular complexity index is 443. The fourth-order valence-corrected chi connectivity index (χ4v) is 3.09. The Labute approximate surface area is 120 Å². The van der Waals surface area contributed by atoms with E-state index in [4.69, 9.17) is 4.74 Å². The predicted octanol–water partition coefficient (Wildman–Crippen LogP) is 1.07. The van der Waals surface area contributed by atoms with Crippen molar-refractivity contribution in [2.45, 2.75) is 18.9 Å². The molecule has 0 aromatic heterocycles. The fourth-order valence-electron chi connectivity index (χ4n) is 3.09. The normalized spacial score (nSPS) is 26.7. The fraction of sp³-hybridized carbons (Fsp3) is 0.562. The van der Waals surface area contributed by atoms with Crippen molar-refractivity contribution < 1.29 is 9.53 Å². The zero-order valence-electron chi connectivity index (χ0n) is 11.8. The minimum absolute atomic E-state index is 0.140. The Hall–Kier alpha value is -1.39. The van der Waals surface area contributed by atoms with Crippen LogP contribution in [0.5, 0.6) is 0 Å². The molecule has 0 radical (unpaired) electrons. The lowest BCUT2D eigenvalue weighted by Gasteiger charge is -2.27. The molecule has 4 nitrogen and oxygen atoms in total. The largest absolute Gasteiger partial charge is 0.378 e. The first kappa shape index (κ1) is 13.6. The molecular weight excluding hydrogens is 252 g/mol. The summed E-state index contributed by atoms with van der Waals surface area (Å²) in [5.74, 6) is 0.797. The van der Waals surface area contributed by atoms with Gasteiger partial charge in [-0.1, -0.05) is 30.3 Å². The summed E-state index contributed by atoms with van der Waals surface area (Å²) in [6.45, 7) is 3.76. The third kappa shape index (κ3) is 3.19. The lowest BCUT2D eigenvalue weighted by Crippen LogP contribution is -2.52. The number of nitrogens with one attached hydrogen (secondary N) is 1. The zero-order valence-corrected chi connectivity index (χ0v) is 11.8. The van der Waals surface area contributed by atoms with Crippen molar-refractivity contribution in [3.05, 3.63) is 35.9 Å². The van der Waals surface area contributed by atoms with E-state index in [1.165, 1.54) is 5.56 Å². The number of nitrogens with zero attached hydrogens (tertiary/aromatic N) is 1. The Kier molecular flexibility index (Phi) is 4.33. The second-order valence-corrected chi connectivity index (χ2v) is 5.71. The summed E-state index contributed by atoms with van der Waals surface area (Å²) >= 11 is 0. The van der Waals surface area contributed by atoms with Gasteiger partial charge in [0.15, 0.2) is 0 Å². The highest BCUT2D eigenvalue weighted by molar-refractivity contribution is 5.82. The van der Waals surface area contributed by atoms with Crippen LogP contribution < -0.4 is 5.32 Å². The first-order valence-electron chi connectivity index (χ1n) is 7.47. The van der Waals surface area contributed by atoms with E-state index in [9.17, 15) is 4.79 Å². The maximum Gasteiger partial charge on any atom is 0.242 e. The highest BCUT2D eigenvalue weighted by Crippen LogP contribution is 2.21. The van der Waals surface area contributed by atoms with Gasteiger partial charge in [-0.15, -0.1) is 0 Å². The Morgan fingerprint density at radius 3 is 2.95 bits per heavy atom. The van der Waals surface area contributed by atoms with Crippen LogP contribution >= 0.6 is 0 Å². The van der Waals surface area contributed by atoms with Gasteiger partial charge in [0.05, 0.1) is 13.2 Å². The molecular formula is C16H22N2O2. The van der Waals surface area contributed by atoms with Crippen LogP contribution in [-0.4, -0.2) is 49.7 Å². The van der Waals surface area contributed by atoms with Gasteiger partial charge in [0.1, 0.15) is 6.04 Å². The number of rotatable bonds is 3. The van der Waals surface area contributed by atoms with Crippen molar-refractivity contribution in [2.75, 3.05) is 32.8 Å². The highest BCUT2D eigenvalue weighted by Gasteiger charge is 2.31. The molecule has 0 aliphatic carbocycles. The molecule has 0 bridgehead atoms. The third-order valence-electron chi connectivity index (χ3n) is 4.18. The van der Waals surface area contributed by atoms with Crippen LogP contribution in [0.2, 0.25) is 0 Å². The zero-order chi connectivity index (χ0) is 13.8. The summed E-state index contributed by atoms with van der Waals surface area (Å²) in [4.78, 5) is 14.4. The van der Waals surface area contributed by atoms with Crippen LogP contribution in [0.15, 0.2) is 30.3 Å². The minimum atomic E-state index is -0.140. The van der Waals surface area contributed by atoms with Gasteiger partial charge in [0, 0.05) is 19.6 Å². The van der Waals surface area contributed by atoms with E-state index in [-0.39, 0.29) is 11.9 Å². The van der Waals surface area contributed by atoms with Gasteiger partial charge >= 0.3 is 0 Å². The molecule has 2 unspecified atom stereocenters. The number of likely N-dealkylation sites (tertiary alicyclic amines) is 1. The standard InChI is InChI=1S/C16H22N2O2/c19-16(15-12-20-9-7-17-15)18-8-6-14(11-18)10-13-4-2-1-3-5-13/h1-5,14-15,17H,6-12H2. The van der Waals surface area contributed by atoms with Gasteiger partial charge < -0.3 is 15.0 Å². The van der Waals surface area contributed by atoms with Gasteiger partial charge in [-0.3, -0.25) is 4.79 Å². The molecule has 4 heteroatoms. The molecule has 2 fully saturated rings. The van der Waals surface area contributed by atoms with E-state index >= 15 is 0 Å². The average molecular weight is 274 g/mol. The molecule has 2 aliphatic heterocycles. The second kappa shape index (κ2) is 6.37. The predicted molar refractivity (Wildman–Crippen MR) is 77.4 cm³/mol. The third-order valence-corrected chi connectivity index (χ3v) is 4.18. The van der Waals surface area contributed by atoms with Crippen LogP contribution in [-0.2, 0) is 16.0 Å². The molecule has 1 aromatic rings. The molecule has 108 valence electrons. The van der Waals surface area contributed by atoms with E-state index in [0.717, 1.165) is 32.5 Å². The van der Waals surface area contributed by atoms with E-state index in [1.54, 1.807) is 0 Å². The number of hydrogen-bond donors (Lipinski definition) is 1. The molecule has 2 aliphatic rings. The summed E-state index contributed by atoms with van der Waals surface area (Å²) in [5, 5.41) is 3.24. The molecule has 1 N–H and O–H groups in total. The summed E-state index contributed by atoms with van der Waals surface area (Å²) < 4.78 is 5.38. The van der Waals surface area contributed by atoms with Crippen LogP contribution in [0.3, 0.4) is 0 Å². The monoisotopic (exact) mass is 274 g/mol. The maximum absolute atomic E-state index is 12.4. The first-order valence-corrected chi connectivity index (χ1v) is 7.47. The van der Waals surface area contributed by atoms with Crippen molar-refractivity contribution in [1.29, 1.82) is 0 Å². The number of morpholine rings is 1. The molecule has 20 heavy (non-hydrogen) atoms. The number of amides is 1. The number of hydrogen-bond acceptors (Lipinski definition) is 3. The smallest absolute Gasteiger partial charge is 0.242 e. The summed E-state index contributed by atoms with van der Waals surface area (Å²) in [6.07, 6.45) is 2.17. The van der Waals surface area contributed by atoms with Crippen LogP contribution in [0.1, 0.15) is 12.0 Å². The lowest BCUT2D eigenvalue weighted by molar-refractivity contribution is -0.135. The van der Waals surface area contributed by atoms with Crippen molar-refractivity contribution in [1.82, 2.24) is 10.2 Å². The quantitative estimate of drug-likeness (QED) is 0.896. The molecule has 2 heterocycles. The van der Waals surface area contributed by atoms with Gasteiger partial charge in [0.2, 0.25) is 5.91 Å². The average Bonchev–Trinajstić information content (AvgIpc) is 2.97. The van der Waals surface area contributed by atoms with Crippen molar-refractivity contribution in [3.63, 3.8) is 0 Å². The van der Waals surface area contributed by atoms with Crippen molar-refractivity contribution in [3.8, 4) is 0 Å². The maximum atomic E-state index is 12.4. The Balaban J connectivity index is 1.52. The van der Waals surface area contributed by atoms with Gasteiger partial charge in [-0.25, -0.2) is 0 Å². The SMILES string of the molecule is O=C(C1COCCN1)N1CCC(Cc2ccccc2)C1. The van der Waals surface area contributed by atoms with Gasteiger partial charge in [0.25, 0.3) is 0 Å². The van der Waals surface area contributed by atoms with Gasteiger partial charge in [-0.05, 0) is 24.3 Å². The summed E-state index contributed by atoms with van der Waals surface area (Å²) in [6, 6.07) is 10.4. The van der Waals surface area contributed by atoms with Gasteiger partial charge in [-0.2, -0.15) is 0 Å². The summed E-state index contributed by atoms with van der Waals surface area (Å²) in [7, 11) is 0. The number of ether oxygens (including phenoxy) is 1. The minimum Gasteiger partial charge on any atom is -0.378 e. The topological polar surface area (TPSA) is 41.6 Å². The van der Waals surface area contributed by atoms with E-state index in [1.807, 2.05) is 11.0 Å². The van der Waals surface area contributed by atoms with E-state index in [0.29, 0.717) is 19.1 Å². The van der Waals surface area contributed by atoms with Crippen LogP contribution in [0.4, 0.5) is 0 Å². The molecule has 1 amide bonds. The molecule has 3 rings (SSSR count). The molecule has 1 aromatic carbocycles. The number of benzene rings is 1. The van der Waals surface area contributed by atoms with Crippen molar-refractivity contribution in [2.24, 2.45) is 5.92 Å². The Morgan fingerprint density at radius 2 is 2.20 bits per heavy atom. The molecule has 0 spiro atoms. The van der Waals surface area contributed by atoms with E-state index < -0.39 is 0 Å².